The highest BCUT2D eigenvalue weighted by atomic mass is 16.5. The van der Waals surface area contributed by atoms with Crippen molar-refractivity contribution >= 4 is 35.6 Å². The van der Waals surface area contributed by atoms with E-state index in [9.17, 15) is 4.79 Å². The zero-order chi connectivity index (χ0) is 20.9. The number of hydrogen-bond acceptors (Lipinski definition) is 10. The molecule has 11 nitrogen and oxygen atoms in total. The number of esters is 1. The third-order valence-corrected chi connectivity index (χ3v) is 3.17. The van der Waals surface area contributed by atoms with E-state index in [-0.39, 0.29) is 49.4 Å². The van der Waals surface area contributed by atoms with Crippen molar-refractivity contribution in [3.05, 3.63) is 30.0 Å². The maximum atomic E-state index is 12.1. The third-order valence-electron chi connectivity index (χ3n) is 3.17. The minimum Gasteiger partial charge on any atom is -0.495 e. The zero-order valence-electron chi connectivity index (χ0n) is 15.5. The van der Waals surface area contributed by atoms with Gasteiger partial charge in [-0.25, -0.2) is 9.78 Å². The number of carboxylic acid groups (broad SMARTS) is 1. The summed E-state index contributed by atoms with van der Waals surface area (Å²) in [6.07, 6.45) is 0. The number of anilines is 4. The Bertz CT molecular complexity index is 787. The van der Waals surface area contributed by atoms with Crippen LogP contribution in [0.15, 0.2) is 24.3 Å². The lowest BCUT2D eigenvalue weighted by Crippen LogP contribution is -2.17. The molecule has 0 amide bonds. The van der Waals surface area contributed by atoms with Gasteiger partial charge in [0.15, 0.2) is 11.5 Å². The molecule has 2 aromatic rings. The SMILES string of the molecule is CCOC(=O)c1nc(NCCO)nc(Nc2ccccc2OC)c1N.O=CO. The second-order valence-electron chi connectivity index (χ2n) is 4.96. The number of nitrogens with zero attached hydrogens (tertiary/aromatic N) is 2. The molecule has 0 aliphatic heterocycles. The molecule has 28 heavy (non-hydrogen) atoms. The van der Waals surface area contributed by atoms with Gasteiger partial charge in [0.2, 0.25) is 5.95 Å². The van der Waals surface area contributed by atoms with Crippen LogP contribution < -0.4 is 21.1 Å². The van der Waals surface area contributed by atoms with Crippen LogP contribution in [0.5, 0.6) is 5.75 Å². The topological polar surface area (TPSA) is 169 Å². The molecule has 0 saturated carbocycles. The lowest BCUT2D eigenvalue weighted by molar-refractivity contribution is -0.122. The maximum Gasteiger partial charge on any atom is 0.359 e. The monoisotopic (exact) mass is 393 g/mol. The van der Waals surface area contributed by atoms with E-state index in [4.69, 9.17) is 30.2 Å². The van der Waals surface area contributed by atoms with Gasteiger partial charge in [-0.2, -0.15) is 4.98 Å². The summed E-state index contributed by atoms with van der Waals surface area (Å²) in [5.74, 6) is 0.298. The molecule has 6 N–H and O–H groups in total. The Hall–Kier alpha value is -3.60. The van der Waals surface area contributed by atoms with Crippen LogP contribution in [0.1, 0.15) is 17.4 Å². The fourth-order valence-corrected chi connectivity index (χ4v) is 2.04. The standard InChI is InChI=1S/C16H21N5O4.CH2O2/c1-3-25-15(23)13-12(17)14(21-16(20-13)18-8-9-22)19-10-6-4-5-7-11(10)24-2;2-1-3/h4-7,22H,3,8-9,17H2,1-2H3,(H2,18,19,20,21);1H,(H,2,3). The second-order valence-corrected chi connectivity index (χ2v) is 4.96. The summed E-state index contributed by atoms with van der Waals surface area (Å²) < 4.78 is 10.3. The number of ether oxygens (including phenoxy) is 2. The highest BCUT2D eigenvalue weighted by Crippen LogP contribution is 2.30. The quantitative estimate of drug-likeness (QED) is 0.321. The number of hydrogen-bond donors (Lipinski definition) is 5. The molecule has 11 heteroatoms. The Labute approximate surface area is 161 Å². The summed E-state index contributed by atoms with van der Waals surface area (Å²) >= 11 is 0. The molecule has 0 fully saturated rings. The summed E-state index contributed by atoms with van der Waals surface area (Å²) in [7, 11) is 1.54. The summed E-state index contributed by atoms with van der Waals surface area (Å²) in [5.41, 5.74) is 6.66. The first kappa shape index (κ1) is 22.4. The van der Waals surface area contributed by atoms with E-state index in [0.717, 1.165) is 0 Å². The van der Waals surface area contributed by atoms with E-state index in [1.165, 1.54) is 0 Å². The van der Waals surface area contributed by atoms with Gasteiger partial charge in [-0.15, -0.1) is 0 Å². The number of para-hydroxylation sites is 2. The van der Waals surface area contributed by atoms with Crippen LogP contribution in [0.3, 0.4) is 0 Å². The van der Waals surface area contributed by atoms with Gasteiger partial charge >= 0.3 is 5.97 Å². The van der Waals surface area contributed by atoms with Crippen LogP contribution in [0, 0.1) is 0 Å². The number of nitrogens with two attached hydrogens (primary N) is 1. The number of aromatic nitrogens is 2. The largest absolute Gasteiger partial charge is 0.495 e. The Morgan fingerprint density at radius 3 is 2.61 bits per heavy atom. The van der Waals surface area contributed by atoms with E-state index in [2.05, 4.69) is 20.6 Å². The van der Waals surface area contributed by atoms with E-state index >= 15 is 0 Å². The molecule has 0 aliphatic carbocycles. The van der Waals surface area contributed by atoms with Gasteiger partial charge in [0.1, 0.15) is 11.4 Å². The number of carbonyl (C=O) groups excluding carboxylic acids is 1. The van der Waals surface area contributed by atoms with Crippen LogP contribution in [0.2, 0.25) is 0 Å². The molecule has 0 unspecified atom stereocenters. The minimum atomic E-state index is -0.655. The van der Waals surface area contributed by atoms with Crippen LogP contribution in [0.25, 0.3) is 0 Å². The molecule has 0 bridgehead atoms. The first-order chi connectivity index (χ1) is 13.5. The molecule has 1 aromatic carbocycles. The number of rotatable bonds is 8. The molecule has 1 heterocycles. The molecule has 152 valence electrons. The average molecular weight is 393 g/mol. The first-order valence-electron chi connectivity index (χ1n) is 8.19. The van der Waals surface area contributed by atoms with Crippen molar-refractivity contribution in [2.45, 2.75) is 6.92 Å². The average Bonchev–Trinajstić information content (AvgIpc) is 2.69. The van der Waals surface area contributed by atoms with Gasteiger partial charge in [-0.3, -0.25) is 4.79 Å². The summed E-state index contributed by atoms with van der Waals surface area (Å²) in [4.78, 5) is 28.8. The first-order valence-corrected chi connectivity index (χ1v) is 8.19. The number of aliphatic hydroxyl groups excluding tert-OH is 1. The smallest absolute Gasteiger partial charge is 0.359 e. The predicted molar refractivity (Wildman–Crippen MR) is 103 cm³/mol. The number of benzene rings is 1. The zero-order valence-corrected chi connectivity index (χ0v) is 15.5. The third kappa shape index (κ3) is 6.29. The van der Waals surface area contributed by atoms with Crippen molar-refractivity contribution in [3.8, 4) is 5.75 Å². The predicted octanol–water partition coefficient (Wildman–Crippen LogP) is 1.09. The van der Waals surface area contributed by atoms with E-state index in [0.29, 0.717) is 11.4 Å². The minimum absolute atomic E-state index is 0.0545. The van der Waals surface area contributed by atoms with E-state index < -0.39 is 5.97 Å². The van der Waals surface area contributed by atoms with Crippen LogP contribution in [0.4, 0.5) is 23.1 Å². The Balaban J connectivity index is 0.00000122. The molecule has 1 aromatic heterocycles. The van der Waals surface area contributed by atoms with Crippen molar-refractivity contribution in [1.82, 2.24) is 9.97 Å². The van der Waals surface area contributed by atoms with Gasteiger partial charge in [0, 0.05) is 6.54 Å². The number of aliphatic hydroxyl groups is 1. The molecule has 0 atom stereocenters. The number of methoxy groups -OCH3 is 1. The van der Waals surface area contributed by atoms with E-state index in [1.54, 1.807) is 26.2 Å². The number of nitrogens with one attached hydrogen (secondary N) is 2. The van der Waals surface area contributed by atoms with Gasteiger partial charge in [-0.05, 0) is 19.1 Å². The molecule has 0 radical (unpaired) electrons. The van der Waals surface area contributed by atoms with Crippen LogP contribution in [-0.2, 0) is 9.53 Å². The fraction of sp³-hybridized carbons (Fsp3) is 0.294. The fourth-order valence-electron chi connectivity index (χ4n) is 2.04. The molecular weight excluding hydrogens is 370 g/mol. The molecular formula is C17H23N5O6. The normalized spacial score (nSPS) is 9.54. The Morgan fingerprint density at radius 2 is 2.00 bits per heavy atom. The number of nitrogen functional groups attached to an aromatic ring is 1. The lowest BCUT2D eigenvalue weighted by atomic mass is 10.2. The highest BCUT2D eigenvalue weighted by molar-refractivity contribution is 5.96. The van der Waals surface area contributed by atoms with Gasteiger partial charge in [0.25, 0.3) is 6.47 Å². The highest BCUT2D eigenvalue weighted by Gasteiger charge is 2.20. The van der Waals surface area contributed by atoms with Crippen molar-refractivity contribution in [3.63, 3.8) is 0 Å². The Morgan fingerprint density at radius 1 is 1.32 bits per heavy atom. The maximum absolute atomic E-state index is 12.1. The lowest BCUT2D eigenvalue weighted by Gasteiger charge is -2.15. The van der Waals surface area contributed by atoms with Crippen molar-refractivity contribution < 1.29 is 29.3 Å². The van der Waals surface area contributed by atoms with Gasteiger partial charge < -0.3 is 36.1 Å². The number of carbonyl (C=O) groups is 2. The van der Waals surface area contributed by atoms with Crippen molar-refractivity contribution in [2.75, 3.05) is 43.2 Å². The molecule has 0 aliphatic rings. The van der Waals surface area contributed by atoms with Crippen LogP contribution in [-0.4, -0.2) is 59.5 Å². The Kier molecular flexibility index (Phi) is 9.54. The summed E-state index contributed by atoms with van der Waals surface area (Å²) in [5, 5.41) is 21.7. The molecule has 0 saturated heterocycles. The van der Waals surface area contributed by atoms with E-state index in [1.807, 2.05) is 12.1 Å². The van der Waals surface area contributed by atoms with Crippen LogP contribution >= 0.6 is 0 Å². The molecule has 2 rings (SSSR count). The van der Waals surface area contributed by atoms with Crippen molar-refractivity contribution in [2.24, 2.45) is 0 Å². The molecule has 0 spiro atoms. The van der Waals surface area contributed by atoms with Gasteiger partial charge in [-0.1, -0.05) is 12.1 Å². The summed E-state index contributed by atoms with van der Waals surface area (Å²) in [6, 6.07) is 7.20. The summed E-state index contributed by atoms with van der Waals surface area (Å²) in [6.45, 7) is 1.74. The van der Waals surface area contributed by atoms with Crippen molar-refractivity contribution in [1.29, 1.82) is 0 Å². The van der Waals surface area contributed by atoms with Gasteiger partial charge in [0.05, 0.1) is 26.0 Å². The second kappa shape index (κ2) is 11.9.